The largest absolute Gasteiger partial charge is 0.481 e. The van der Waals surface area contributed by atoms with E-state index >= 15 is 0 Å². The van der Waals surface area contributed by atoms with Crippen LogP contribution in [0.5, 0.6) is 5.88 Å². The molecule has 6 nitrogen and oxygen atoms in total. The van der Waals surface area contributed by atoms with Crippen LogP contribution in [0.25, 0.3) is 0 Å². The van der Waals surface area contributed by atoms with Gasteiger partial charge in [-0.3, -0.25) is 4.79 Å². The van der Waals surface area contributed by atoms with Crippen molar-refractivity contribution in [1.29, 1.82) is 0 Å². The topological polar surface area (TPSA) is 84.3 Å². The van der Waals surface area contributed by atoms with Gasteiger partial charge in [0.2, 0.25) is 11.8 Å². The highest BCUT2D eigenvalue weighted by molar-refractivity contribution is 5.72. The van der Waals surface area contributed by atoms with Gasteiger partial charge in [0, 0.05) is 18.3 Å². The number of nitrogens with zero attached hydrogens (tertiary/aromatic N) is 2. The number of hydrogen-bond donors (Lipinski definition) is 2. The lowest BCUT2D eigenvalue weighted by molar-refractivity contribution is -0.141. The highest BCUT2D eigenvalue weighted by Crippen LogP contribution is 2.28. The number of rotatable bonds is 5. The predicted octanol–water partition coefficient (Wildman–Crippen LogP) is 1.54. The van der Waals surface area contributed by atoms with Crippen molar-refractivity contribution < 1.29 is 14.6 Å². The molecule has 0 amide bonds. The summed E-state index contributed by atoms with van der Waals surface area (Å²) in [6.07, 6.45) is 4.06. The number of ether oxygens (including phenoxy) is 1. The Kier molecular flexibility index (Phi) is 3.96. The molecule has 2 atom stereocenters. The molecule has 1 aromatic heterocycles. The Balaban J connectivity index is 2.04. The molecule has 2 N–H and O–H groups in total. The molecule has 0 spiro atoms. The third kappa shape index (κ3) is 2.88. The molecule has 1 aliphatic carbocycles. The summed E-state index contributed by atoms with van der Waals surface area (Å²) in [7, 11) is 0. The van der Waals surface area contributed by atoms with Crippen molar-refractivity contribution in [1.82, 2.24) is 9.97 Å². The van der Waals surface area contributed by atoms with E-state index in [9.17, 15) is 4.79 Å². The molecule has 1 aromatic rings. The van der Waals surface area contributed by atoms with E-state index in [0.717, 1.165) is 12.8 Å². The minimum atomic E-state index is -0.758. The molecule has 0 aliphatic heterocycles. The smallest absolute Gasteiger partial charge is 0.308 e. The molecule has 1 fully saturated rings. The van der Waals surface area contributed by atoms with Crippen molar-refractivity contribution in [2.75, 3.05) is 11.9 Å². The first kappa shape index (κ1) is 12.6. The van der Waals surface area contributed by atoms with Crippen LogP contribution in [0, 0.1) is 5.92 Å². The first-order valence-electron chi connectivity index (χ1n) is 6.16. The molecule has 0 saturated heterocycles. The van der Waals surface area contributed by atoms with E-state index < -0.39 is 5.97 Å². The first-order chi connectivity index (χ1) is 8.70. The Hall–Kier alpha value is -1.85. The Morgan fingerprint density at radius 1 is 1.61 bits per heavy atom. The second-order valence-electron chi connectivity index (χ2n) is 4.28. The average Bonchev–Trinajstić information content (AvgIpc) is 2.78. The summed E-state index contributed by atoms with van der Waals surface area (Å²) in [5.74, 6) is -0.186. The second-order valence-corrected chi connectivity index (χ2v) is 4.28. The minimum absolute atomic E-state index is 0.0978. The molecule has 0 aromatic carbocycles. The van der Waals surface area contributed by atoms with Crippen molar-refractivity contribution in [3.8, 4) is 5.88 Å². The molecule has 18 heavy (non-hydrogen) atoms. The zero-order chi connectivity index (χ0) is 13.0. The monoisotopic (exact) mass is 251 g/mol. The van der Waals surface area contributed by atoms with Gasteiger partial charge in [-0.25, -0.2) is 4.98 Å². The van der Waals surface area contributed by atoms with Gasteiger partial charge in [-0.2, -0.15) is 4.98 Å². The van der Waals surface area contributed by atoms with Crippen LogP contribution in [0.2, 0.25) is 0 Å². The van der Waals surface area contributed by atoms with E-state index in [1.165, 1.54) is 0 Å². The highest BCUT2D eigenvalue weighted by atomic mass is 16.5. The third-order valence-electron chi connectivity index (χ3n) is 3.07. The standard InChI is InChI=1S/C12H17N3O3/c1-2-18-10-6-7-13-12(15-10)14-9-5-3-4-8(9)11(16)17/h6-9H,2-5H2,1H3,(H,16,17)(H,13,14,15). The Bertz CT molecular complexity index is 425. The fourth-order valence-electron chi connectivity index (χ4n) is 2.23. The van der Waals surface area contributed by atoms with Gasteiger partial charge in [0.05, 0.1) is 12.5 Å². The Morgan fingerprint density at radius 3 is 3.17 bits per heavy atom. The van der Waals surface area contributed by atoms with Gasteiger partial charge in [-0.1, -0.05) is 6.42 Å². The van der Waals surface area contributed by atoms with Crippen LogP contribution in [0.4, 0.5) is 5.95 Å². The van der Waals surface area contributed by atoms with Crippen molar-refractivity contribution in [2.24, 2.45) is 5.92 Å². The number of hydrogen-bond acceptors (Lipinski definition) is 5. The number of anilines is 1. The fraction of sp³-hybridized carbons (Fsp3) is 0.583. The third-order valence-corrected chi connectivity index (χ3v) is 3.07. The quantitative estimate of drug-likeness (QED) is 0.825. The van der Waals surface area contributed by atoms with Crippen molar-refractivity contribution in [3.05, 3.63) is 12.3 Å². The molecule has 2 unspecified atom stereocenters. The molecular weight excluding hydrogens is 234 g/mol. The van der Waals surface area contributed by atoms with Crippen LogP contribution in [0.15, 0.2) is 12.3 Å². The van der Waals surface area contributed by atoms with E-state index in [1.54, 1.807) is 12.3 Å². The summed E-state index contributed by atoms with van der Waals surface area (Å²) in [6, 6.07) is 1.58. The van der Waals surface area contributed by atoms with Crippen LogP contribution in [0.3, 0.4) is 0 Å². The van der Waals surface area contributed by atoms with Gasteiger partial charge in [0.25, 0.3) is 0 Å². The van der Waals surface area contributed by atoms with Crippen molar-refractivity contribution in [3.63, 3.8) is 0 Å². The maximum atomic E-state index is 11.1. The van der Waals surface area contributed by atoms with Crippen LogP contribution in [0.1, 0.15) is 26.2 Å². The SMILES string of the molecule is CCOc1ccnc(NC2CCCC2C(=O)O)n1. The van der Waals surface area contributed by atoms with Gasteiger partial charge >= 0.3 is 5.97 Å². The van der Waals surface area contributed by atoms with Gasteiger partial charge in [0.1, 0.15) is 0 Å². The number of aromatic nitrogens is 2. The van der Waals surface area contributed by atoms with Gasteiger partial charge in [0.15, 0.2) is 0 Å². The van der Waals surface area contributed by atoms with Crippen LogP contribution >= 0.6 is 0 Å². The summed E-state index contributed by atoms with van der Waals surface area (Å²) >= 11 is 0. The van der Waals surface area contributed by atoms with Crippen molar-refractivity contribution >= 4 is 11.9 Å². The predicted molar refractivity (Wildman–Crippen MR) is 65.6 cm³/mol. The molecule has 2 rings (SSSR count). The van der Waals surface area contributed by atoms with E-state index in [2.05, 4.69) is 15.3 Å². The lowest BCUT2D eigenvalue weighted by atomic mass is 10.0. The number of aliphatic carboxylic acids is 1. The number of nitrogens with one attached hydrogen (secondary N) is 1. The van der Waals surface area contributed by atoms with Gasteiger partial charge in [-0.15, -0.1) is 0 Å². The van der Waals surface area contributed by atoms with E-state index in [0.29, 0.717) is 24.9 Å². The van der Waals surface area contributed by atoms with E-state index in [-0.39, 0.29) is 12.0 Å². The normalized spacial score (nSPS) is 22.7. The van der Waals surface area contributed by atoms with E-state index in [1.807, 2.05) is 6.92 Å². The second kappa shape index (κ2) is 5.66. The minimum Gasteiger partial charge on any atom is -0.481 e. The summed E-state index contributed by atoms with van der Waals surface area (Å²) in [5, 5.41) is 12.2. The van der Waals surface area contributed by atoms with Gasteiger partial charge in [-0.05, 0) is 19.8 Å². The summed E-state index contributed by atoms with van der Waals surface area (Å²) < 4.78 is 5.28. The Labute approximate surface area is 105 Å². The summed E-state index contributed by atoms with van der Waals surface area (Å²) in [6.45, 7) is 2.42. The zero-order valence-corrected chi connectivity index (χ0v) is 10.3. The molecule has 98 valence electrons. The van der Waals surface area contributed by atoms with E-state index in [4.69, 9.17) is 9.84 Å². The molecular formula is C12H17N3O3. The highest BCUT2D eigenvalue weighted by Gasteiger charge is 2.33. The van der Waals surface area contributed by atoms with Gasteiger partial charge < -0.3 is 15.2 Å². The van der Waals surface area contributed by atoms with Crippen LogP contribution in [-0.4, -0.2) is 33.7 Å². The molecule has 1 heterocycles. The lowest BCUT2D eigenvalue weighted by Gasteiger charge is -2.17. The Morgan fingerprint density at radius 2 is 2.44 bits per heavy atom. The fourth-order valence-corrected chi connectivity index (χ4v) is 2.23. The number of carbonyl (C=O) groups is 1. The van der Waals surface area contributed by atoms with Crippen LogP contribution < -0.4 is 10.1 Å². The molecule has 1 aliphatic rings. The molecule has 0 bridgehead atoms. The van der Waals surface area contributed by atoms with Crippen molar-refractivity contribution in [2.45, 2.75) is 32.2 Å². The molecule has 0 radical (unpaired) electrons. The average molecular weight is 251 g/mol. The molecule has 1 saturated carbocycles. The maximum absolute atomic E-state index is 11.1. The molecule has 6 heteroatoms. The lowest BCUT2D eigenvalue weighted by Crippen LogP contribution is -2.30. The summed E-state index contributed by atoms with van der Waals surface area (Å²) in [5.41, 5.74) is 0. The number of carboxylic acids is 1. The van der Waals surface area contributed by atoms with Crippen LogP contribution in [-0.2, 0) is 4.79 Å². The maximum Gasteiger partial charge on any atom is 0.308 e. The zero-order valence-electron chi connectivity index (χ0n) is 10.3. The number of carboxylic acid groups (broad SMARTS) is 1. The first-order valence-corrected chi connectivity index (χ1v) is 6.16. The summed E-state index contributed by atoms with van der Waals surface area (Å²) in [4.78, 5) is 19.3.